The van der Waals surface area contributed by atoms with Crippen LogP contribution in [0.3, 0.4) is 0 Å². The van der Waals surface area contributed by atoms with Crippen molar-refractivity contribution in [2.75, 3.05) is 40.5 Å². The Labute approximate surface area is 224 Å². The van der Waals surface area contributed by atoms with E-state index in [0.717, 1.165) is 16.7 Å². The number of carbonyl (C=O) groups is 2. The zero-order valence-corrected chi connectivity index (χ0v) is 22.1. The summed E-state index contributed by atoms with van der Waals surface area (Å²) in [5.74, 6) is -0.277. The molecule has 3 aromatic rings. The number of hydrogen-bond donors (Lipinski definition) is 2. The first kappa shape index (κ1) is 27.5. The summed E-state index contributed by atoms with van der Waals surface area (Å²) < 4.78 is 10.6. The monoisotopic (exact) mass is 516 g/mol. The van der Waals surface area contributed by atoms with Crippen LogP contribution in [0, 0.1) is 0 Å². The van der Waals surface area contributed by atoms with E-state index in [1.165, 1.54) is 0 Å². The summed E-state index contributed by atoms with van der Waals surface area (Å²) in [5.41, 5.74) is 2.69. The van der Waals surface area contributed by atoms with Gasteiger partial charge in [0.25, 0.3) is 5.91 Å². The Bertz CT molecular complexity index is 1210. The minimum atomic E-state index is -1.12. The van der Waals surface area contributed by atoms with Crippen LogP contribution in [0.1, 0.15) is 45.1 Å². The Morgan fingerprint density at radius 3 is 2.29 bits per heavy atom. The van der Waals surface area contributed by atoms with Crippen molar-refractivity contribution in [1.29, 1.82) is 0 Å². The molecule has 1 aliphatic heterocycles. The number of fused-ring (bicyclic) bond motifs is 1. The molecule has 0 aromatic heterocycles. The number of nitrogens with zero attached hydrogens (tertiary/aromatic N) is 1. The molecule has 2 amide bonds. The highest BCUT2D eigenvalue weighted by Crippen LogP contribution is 2.49. The molecule has 7 heteroatoms. The summed E-state index contributed by atoms with van der Waals surface area (Å²) in [6, 6.07) is 24.3. The third kappa shape index (κ3) is 5.50. The highest BCUT2D eigenvalue weighted by molar-refractivity contribution is 6.03. The van der Waals surface area contributed by atoms with E-state index in [1.54, 1.807) is 25.2 Å². The Morgan fingerprint density at radius 1 is 0.921 bits per heavy atom. The van der Waals surface area contributed by atoms with Crippen LogP contribution in [-0.4, -0.2) is 62.3 Å². The second-order valence-corrected chi connectivity index (χ2v) is 9.58. The Hall–Kier alpha value is -3.52. The summed E-state index contributed by atoms with van der Waals surface area (Å²) in [6.45, 7) is 1.55. The van der Waals surface area contributed by atoms with E-state index in [9.17, 15) is 14.7 Å². The molecule has 2 N–H and O–H groups in total. The van der Waals surface area contributed by atoms with Gasteiger partial charge in [-0.1, -0.05) is 72.8 Å². The van der Waals surface area contributed by atoms with E-state index in [2.05, 4.69) is 5.32 Å². The summed E-state index contributed by atoms with van der Waals surface area (Å²) >= 11 is 0. The van der Waals surface area contributed by atoms with Gasteiger partial charge in [-0.2, -0.15) is 0 Å². The zero-order valence-electron chi connectivity index (χ0n) is 22.1. The topological polar surface area (TPSA) is 88.1 Å². The molecular weight excluding hydrogens is 480 g/mol. The normalized spacial score (nSPS) is 18.8. The molecule has 1 aliphatic rings. The zero-order chi connectivity index (χ0) is 27.0. The molecular formula is C31H36N2O5. The molecule has 1 unspecified atom stereocenters. The highest BCUT2D eigenvalue weighted by atomic mass is 16.5. The minimum absolute atomic E-state index is 0.0881. The van der Waals surface area contributed by atoms with Crippen molar-refractivity contribution in [3.05, 3.63) is 107 Å². The number of rotatable bonds is 12. The molecule has 7 nitrogen and oxygen atoms in total. The van der Waals surface area contributed by atoms with Gasteiger partial charge in [0.05, 0.1) is 19.3 Å². The van der Waals surface area contributed by atoms with Crippen LogP contribution in [0.5, 0.6) is 0 Å². The molecule has 200 valence electrons. The third-order valence-electron chi connectivity index (χ3n) is 7.23. The van der Waals surface area contributed by atoms with E-state index < -0.39 is 11.5 Å². The molecule has 0 saturated carbocycles. The average molecular weight is 517 g/mol. The number of benzene rings is 3. The van der Waals surface area contributed by atoms with Gasteiger partial charge in [-0.3, -0.25) is 9.59 Å². The lowest BCUT2D eigenvalue weighted by Gasteiger charge is -2.50. The first-order valence-corrected chi connectivity index (χ1v) is 13.0. The molecule has 1 heterocycles. The van der Waals surface area contributed by atoms with Crippen LogP contribution in [0.2, 0.25) is 0 Å². The average Bonchev–Trinajstić information content (AvgIpc) is 2.96. The number of amides is 2. The molecule has 2 atom stereocenters. The van der Waals surface area contributed by atoms with Crippen molar-refractivity contribution in [2.24, 2.45) is 0 Å². The van der Waals surface area contributed by atoms with Crippen molar-refractivity contribution < 1.29 is 24.2 Å². The van der Waals surface area contributed by atoms with Gasteiger partial charge in [0.15, 0.2) is 0 Å². The standard InChI is InChI=1S/C31H36N2O5/c1-37-19-8-17-32-30(36)31(21-23-9-4-3-5-10-23)27-12-7-6-11-26(27)29(35)33(18-20-38-2)28(31)25-15-13-24(22-34)14-16-25/h3-7,9-16,28,34H,8,17-22H2,1-2H3,(H,32,36)/t28?,31-/m0/s1. The van der Waals surface area contributed by atoms with E-state index in [-0.39, 0.29) is 18.4 Å². The van der Waals surface area contributed by atoms with Gasteiger partial charge in [0.2, 0.25) is 5.91 Å². The predicted octanol–water partition coefficient (Wildman–Crippen LogP) is 3.66. The van der Waals surface area contributed by atoms with Crippen LogP contribution >= 0.6 is 0 Å². The Kier molecular flexibility index (Phi) is 9.29. The smallest absolute Gasteiger partial charge is 0.254 e. The van der Waals surface area contributed by atoms with Crippen molar-refractivity contribution in [3.8, 4) is 0 Å². The summed E-state index contributed by atoms with van der Waals surface area (Å²) in [6.07, 6.45) is 1.07. The number of nitrogens with one attached hydrogen (secondary N) is 1. The van der Waals surface area contributed by atoms with Crippen LogP contribution in [0.4, 0.5) is 0 Å². The maximum absolute atomic E-state index is 14.5. The molecule has 0 saturated heterocycles. The van der Waals surface area contributed by atoms with Gasteiger partial charge < -0.3 is 24.8 Å². The van der Waals surface area contributed by atoms with Gasteiger partial charge in [-0.05, 0) is 41.2 Å². The SMILES string of the molecule is COCCCNC(=O)[C@@]1(Cc2ccccc2)c2ccccc2C(=O)N(CCOC)C1c1ccc(CO)cc1. The van der Waals surface area contributed by atoms with E-state index in [1.807, 2.05) is 72.8 Å². The third-order valence-corrected chi connectivity index (χ3v) is 7.23. The number of carbonyl (C=O) groups excluding carboxylic acids is 2. The Balaban J connectivity index is 1.96. The molecule has 0 spiro atoms. The lowest BCUT2D eigenvalue weighted by atomic mass is 9.63. The second kappa shape index (κ2) is 12.8. The predicted molar refractivity (Wildman–Crippen MR) is 146 cm³/mol. The lowest BCUT2D eigenvalue weighted by Crippen LogP contribution is -2.60. The van der Waals surface area contributed by atoms with Crippen LogP contribution in [0.15, 0.2) is 78.9 Å². The van der Waals surface area contributed by atoms with Crippen molar-refractivity contribution >= 4 is 11.8 Å². The highest BCUT2D eigenvalue weighted by Gasteiger charge is 2.56. The van der Waals surface area contributed by atoms with Crippen molar-refractivity contribution in [1.82, 2.24) is 10.2 Å². The van der Waals surface area contributed by atoms with Gasteiger partial charge >= 0.3 is 0 Å². The summed E-state index contributed by atoms with van der Waals surface area (Å²) in [5, 5.41) is 12.8. The number of aliphatic hydroxyl groups excluding tert-OH is 1. The molecule has 0 bridgehead atoms. The fourth-order valence-electron chi connectivity index (χ4n) is 5.45. The molecule has 3 aromatic carbocycles. The van der Waals surface area contributed by atoms with E-state index in [0.29, 0.717) is 50.3 Å². The van der Waals surface area contributed by atoms with E-state index >= 15 is 0 Å². The fourth-order valence-corrected chi connectivity index (χ4v) is 5.45. The van der Waals surface area contributed by atoms with Crippen molar-refractivity contribution in [2.45, 2.75) is 30.9 Å². The van der Waals surface area contributed by atoms with Crippen LogP contribution in [-0.2, 0) is 32.7 Å². The van der Waals surface area contributed by atoms with Crippen LogP contribution < -0.4 is 5.32 Å². The first-order chi connectivity index (χ1) is 18.6. The summed E-state index contributed by atoms with van der Waals surface area (Å²) in [7, 11) is 3.24. The Morgan fingerprint density at radius 2 is 1.61 bits per heavy atom. The molecule has 38 heavy (non-hydrogen) atoms. The van der Waals surface area contributed by atoms with E-state index in [4.69, 9.17) is 9.47 Å². The number of ether oxygens (including phenoxy) is 2. The molecule has 0 aliphatic carbocycles. The number of aliphatic hydroxyl groups is 1. The fraction of sp³-hybridized carbons (Fsp3) is 0.355. The quantitative estimate of drug-likeness (QED) is 0.359. The second-order valence-electron chi connectivity index (χ2n) is 9.58. The largest absolute Gasteiger partial charge is 0.392 e. The van der Waals surface area contributed by atoms with Crippen LogP contribution in [0.25, 0.3) is 0 Å². The molecule has 0 radical (unpaired) electrons. The van der Waals surface area contributed by atoms with Gasteiger partial charge in [0.1, 0.15) is 5.41 Å². The molecule has 4 rings (SSSR count). The minimum Gasteiger partial charge on any atom is -0.392 e. The van der Waals surface area contributed by atoms with Crippen molar-refractivity contribution in [3.63, 3.8) is 0 Å². The first-order valence-electron chi connectivity index (χ1n) is 13.0. The van der Waals surface area contributed by atoms with Gasteiger partial charge in [-0.15, -0.1) is 0 Å². The number of hydrogen-bond acceptors (Lipinski definition) is 5. The maximum Gasteiger partial charge on any atom is 0.254 e. The van der Waals surface area contributed by atoms with Gasteiger partial charge in [0, 0.05) is 39.5 Å². The number of methoxy groups -OCH3 is 2. The maximum atomic E-state index is 14.5. The molecule has 0 fully saturated rings. The summed E-state index contributed by atoms with van der Waals surface area (Å²) in [4.78, 5) is 30.3. The lowest BCUT2D eigenvalue weighted by molar-refractivity contribution is -0.130. The van der Waals surface area contributed by atoms with Gasteiger partial charge in [-0.25, -0.2) is 0 Å².